The number of β-amino-alcohol motifs (C(OH)–C–C–N with tert-alkyl or cyclic N) is 1. The Hall–Kier alpha value is -1.89. The van der Waals surface area contributed by atoms with Crippen LogP contribution in [-0.4, -0.2) is 65.4 Å². The van der Waals surface area contributed by atoms with Gasteiger partial charge in [-0.25, -0.2) is 9.97 Å². The molecule has 1 aromatic carbocycles. The van der Waals surface area contributed by atoms with Crippen LogP contribution in [0.3, 0.4) is 0 Å². The Balaban J connectivity index is 1.48. The van der Waals surface area contributed by atoms with Gasteiger partial charge in [-0.2, -0.15) is 0 Å². The molecule has 1 fully saturated rings. The molecular formula is C21H29ClN4O2. The molecule has 28 heavy (non-hydrogen) atoms. The molecule has 0 spiro atoms. The van der Waals surface area contributed by atoms with Gasteiger partial charge in [0, 0.05) is 50.4 Å². The number of piperazine rings is 1. The molecule has 1 N–H and O–H groups in total. The highest BCUT2D eigenvalue weighted by atomic mass is 35.5. The minimum Gasteiger partial charge on any atom is -0.489 e. The van der Waals surface area contributed by atoms with Crippen molar-refractivity contribution in [1.29, 1.82) is 0 Å². The summed E-state index contributed by atoms with van der Waals surface area (Å²) in [6.07, 6.45) is -0.559. The number of hydrogen-bond acceptors (Lipinski definition) is 6. The molecule has 1 saturated heterocycles. The van der Waals surface area contributed by atoms with E-state index in [9.17, 15) is 5.11 Å². The van der Waals surface area contributed by atoms with Crippen LogP contribution in [0.4, 0.5) is 5.82 Å². The third-order valence-corrected chi connectivity index (χ3v) is 5.12. The highest BCUT2D eigenvalue weighted by molar-refractivity contribution is 6.32. The first kappa shape index (κ1) is 20.8. The molecule has 1 unspecified atom stereocenters. The molecule has 0 amide bonds. The smallest absolute Gasteiger partial charge is 0.138 e. The number of aliphatic hydroxyl groups excluding tert-OH is 1. The number of benzene rings is 1. The number of aryl methyl sites for hydroxylation is 1. The molecule has 2 heterocycles. The average Bonchev–Trinajstić information content (AvgIpc) is 2.67. The van der Waals surface area contributed by atoms with E-state index in [0.717, 1.165) is 43.5 Å². The van der Waals surface area contributed by atoms with Crippen LogP contribution in [0.5, 0.6) is 5.75 Å². The molecule has 3 rings (SSSR count). The molecule has 1 atom stereocenters. The standard InChI is InChI=1S/C21H29ClN4O2/c1-15(2)21-23-16(3)12-20(24-21)26-10-8-25(9-11-26)13-17(27)14-28-19-7-5-4-6-18(19)22/h4-7,12,15,17,27H,8-11,13-14H2,1-3H3. The van der Waals surface area contributed by atoms with Gasteiger partial charge in [-0.05, 0) is 19.1 Å². The quantitative estimate of drug-likeness (QED) is 0.765. The summed E-state index contributed by atoms with van der Waals surface area (Å²) in [5.74, 6) is 2.81. The lowest BCUT2D eigenvalue weighted by Gasteiger charge is -2.36. The zero-order chi connectivity index (χ0) is 20.1. The number of aliphatic hydroxyl groups is 1. The van der Waals surface area contributed by atoms with Crippen LogP contribution in [0.25, 0.3) is 0 Å². The Morgan fingerprint density at radius 1 is 1.14 bits per heavy atom. The second-order valence-electron chi connectivity index (χ2n) is 7.56. The molecule has 0 bridgehead atoms. The highest BCUT2D eigenvalue weighted by Crippen LogP contribution is 2.23. The number of anilines is 1. The van der Waals surface area contributed by atoms with Gasteiger partial charge in [0.05, 0.1) is 5.02 Å². The van der Waals surface area contributed by atoms with Crippen molar-refractivity contribution in [3.63, 3.8) is 0 Å². The molecule has 1 aromatic heterocycles. The molecule has 1 aliphatic heterocycles. The minimum atomic E-state index is -0.559. The number of halogens is 1. The summed E-state index contributed by atoms with van der Waals surface area (Å²) in [5.41, 5.74) is 1.00. The second-order valence-corrected chi connectivity index (χ2v) is 7.97. The van der Waals surface area contributed by atoms with Crippen LogP contribution in [0.2, 0.25) is 5.02 Å². The van der Waals surface area contributed by atoms with Crippen LogP contribution in [-0.2, 0) is 0 Å². The fraction of sp³-hybridized carbons (Fsp3) is 0.524. The van der Waals surface area contributed by atoms with Crippen LogP contribution in [0.15, 0.2) is 30.3 Å². The Labute approximate surface area is 172 Å². The number of para-hydroxylation sites is 1. The molecule has 0 radical (unpaired) electrons. The largest absolute Gasteiger partial charge is 0.489 e. The van der Waals surface area contributed by atoms with E-state index >= 15 is 0 Å². The molecule has 0 aliphatic carbocycles. The summed E-state index contributed by atoms with van der Waals surface area (Å²) in [6, 6.07) is 9.36. The Morgan fingerprint density at radius 3 is 2.54 bits per heavy atom. The molecular weight excluding hydrogens is 376 g/mol. The van der Waals surface area contributed by atoms with Gasteiger partial charge in [-0.15, -0.1) is 0 Å². The zero-order valence-electron chi connectivity index (χ0n) is 16.8. The maximum absolute atomic E-state index is 10.3. The normalized spacial score (nSPS) is 16.4. The maximum atomic E-state index is 10.3. The first-order chi connectivity index (χ1) is 13.4. The van der Waals surface area contributed by atoms with E-state index in [1.807, 2.05) is 31.2 Å². The lowest BCUT2D eigenvalue weighted by atomic mass is 10.2. The maximum Gasteiger partial charge on any atom is 0.138 e. The van der Waals surface area contributed by atoms with E-state index in [2.05, 4.69) is 28.6 Å². The van der Waals surface area contributed by atoms with Crippen LogP contribution >= 0.6 is 11.6 Å². The van der Waals surface area contributed by atoms with Crippen molar-refractivity contribution in [3.8, 4) is 5.75 Å². The van der Waals surface area contributed by atoms with Crippen molar-refractivity contribution in [1.82, 2.24) is 14.9 Å². The van der Waals surface area contributed by atoms with Crippen LogP contribution in [0, 0.1) is 6.92 Å². The zero-order valence-corrected chi connectivity index (χ0v) is 17.6. The van der Waals surface area contributed by atoms with Crippen molar-refractivity contribution < 1.29 is 9.84 Å². The lowest BCUT2D eigenvalue weighted by molar-refractivity contribution is 0.0663. The van der Waals surface area contributed by atoms with Gasteiger partial charge in [-0.3, -0.25) is 4.90 Å². The van der Waals surface area contributed by atoms with Crippen molar-refractivity contribution in [2.75, 3.05) is 44.2 Å². The first-order valence-corrected chi connectivity index (χ1v) is 10.2. The molecule has 152 valence electrons. The van der Waals surface area contributed by atoms with E-state index in [4.69, 9.17) is 21.3 Å². The second kappa shape index (κ2) is 9.54. The van der Waals surface area contributed by atoms with E-state index in [-0.39, 0.29) is 6.61 Å². The molecule has 0 saturated carbocycles. The number of ether oxygens (including phenoxy) is 1. The van der Waals surface area contributed by atoms with E-state index in [1.165, 1.54) is 0 Å². The predicted molar refractivity (Wildman–Crippen MR) is 112 cm³/mol. The number of hydrogen-bond donors (Lipinski definition) is 1. The molecule has 6 nitrogen and oxygen atoms in total. The lowest BCUT2D eigenvalue weighted by Crippen LogP contribution is -2.49. The van der Waals surface area contributed by atoms with Gasteiger partial charge in [0.25, 0.3) is 0 Å². The van der Waals surface area contributed by atoms with Gasteiger partial charge in [0.15, 0.2) is 0 Å². The van der Waals surface area contributed by atoms with Gasteiger partial charge >= 0.3 is 0 Å². The topological polar surface area (TPSA) is 61.7 Å². The van der Waals surface area contributed by atoms with E-state index in [0.29, 0.717) is 23.2 Å². The molecule has 1 aliphatic rings. The summed E-state index contributed by atoms with van der Waals surface area (Å²) >= 11 is 6.08. The third-order valence-electron chi connectivity index (χ3n) is 4.81. The summed E-state index contributed by atoms with van der Waals surface area (Å²) in [5, 5.41) is 10.9. The predicted octanol–water partition coefficient (Wildman–Crippen LogP) is 3.12. The Bertz CT molecular complexity index is 779. The number of rotatable bonds is 7. The highest BCUT2D eigenvalue weighted by Gasteiger charge is 2.21. The van der Waals surface area contributed by atoms with Crippen LogP contribution in [0.1, 0.15) is 31.3 Å². The fourth-order valence-corrected chi connectivity index (χ4v) is 3.44. The van der Waals surface area contributed by atoms with Gasteiger partial charge in [0.2, 0.25) is 0 Å². The number of aromatic nitrogens is 2. The number of nitrogens with zero attached hydrogens (tertiary/aromatic N) is 4. The fourth-order valence-electron chi connectivity index (χ4n) is 3.25. The monoisotopic (exact) mass is 404 g/mol. The Kier molecular flexibility index (Phi) is 7.10. The van der Waals surface area contributed by atoms with Gasteiger partial charge in [0.1, 0.15) is 30.1 Å². The summed E-state index contributed by atoms with van der Waals surface area (Å²) in [7, 11) is 0. The van der Waals surface area contributed by atoms with Gasteiger partial charge < -0.3 is 14.7 Å². The van der Waals surface area contributed by atoms with Crippen molar-refractivity contribution >= 4 is 17.4 Å². The Morgan fingerprint density at radius 2 is 1.86 bits per heavy atom. The van der Waals surface area contributed by atoms with Crippen molar-refractivity contribution in [3.05, 3.63) is 46.9 Å². The average molecular weight is 405 g/mol. The van der Waals surface area contributed by atoms with Crippen LogP contribution < -0.4 is 9.64 Å². The van der Waals surface area contributed by atoms with E-state index in [1.54, 1.807) is 6.07 Å². The third kappa shape index (κ3) is 5.56. The first-order valence-electron chi connectivity index (χ1n) is 9.80. The summed E-state index contributed by atoms with van der Waals surface area (Å²) < 4.78 is 5.64. The van der Waals surface area contributed by atoms with Gasteiger partial charge in [-0.1, -0.05) is 37.6 Å². The molecule has 2 aromatic rings. The van der Waals surface area contributed by atoms with Crippen molar-refractivity contribution in [2.45, 2.75) is 32.8 Å². The molecule has 7 heteroatoms. The summed E-state index contributed by atoms with van der Waals surface area (Å²) in [4.78, 5) is 13.8. The van der Waals surface area contributed by atoms with Crippen molar-refractivity contribution in [2.24, 2.45) is 0 Å². The summed E-state index contributed by atoms with van der Waals surface area (Å²) in [6.45, 7) is 10.6. The minimum absolute atomic E-state index is 0.229. The SMILES string of the molecule is Cc1cc(N2CCN(CC(O)COc3ccccc3Cl)CC2)nc(C(C)C)n1. The van der Waals surface area contributed by atoms with E-state index < -0.39 is 6.10 Å².